The first-order valence-corrected chi connectivity index (χ1v) is 9.95. The van der Waals surface area contributed by atoms with Crippen LogP contribution in [-0.2, 0) is 0 Å². The molecule has 1 rings (SSSR count). The van der Waals surface area contributed by atoms with Crippen LogP contribution in [0, 0.1) is 17.8 Å². The number of rotatable bonds is 2. The summed E-state index contributed by atoms with van der Waals surface area (Å²) in [6.07, 6.45) is 5.89. The van der Waals surface area contributed by atoms with Crippen molar-refractivity contribution in [2.45, 2.75) is 100 Å². The minimum atomic E-state index is 0.815. The van der Waals surface area contributed by atoms with Crippen molar-refractivity contribution in [1.82, 2.24) is 0 Å². The van der Waals surface area contributed by atoms with Crippen molar-refractivity contribution in [2.24, 2.45) is 17.8 Å². The Kier molecular flexibility index (Phi) is 24.5. The molecule has 0 unspecified atom stereocenters. The molecule has 1 heteroatoms. The Morgan fingerprint density at radius 2 is 1.05 bits per heavy atom. The van der Waals surface area contributed by atoms with Gasteiger partial charge in [0.1, 0.15) is 0 Å². The highest BCUT2D eigenvalue weighted by Crippen LogP contribution is 2.27. The molecule has 0 amide bonds. The minimum absolute atomic E-state index is 0.815. The van der Waals surface area contributed by atoms with E-state index in [9.17, 15) is 0 Å². The van der Waals surface area contributed by atoms with Crippen LogP contribution in [-0.4, -0.2) is 11.0 Å². The standard InChI is InChI=1S/C8H16.C5H12S.C4H10.C2H6/c1-7-3-5-8(2)6-4-7;1-4-6-5(2)3;1-4(2)3;1-2/h7-8H,3-6H2,1-2H3;5H,4H2,1-3H3;4H,1-3H3;1-2H3. The normalized spacial score (nSPS) is 21.0. The van der Waals surface area contributed by atoms with Gasteiger partial charge in [0.2, 0.25) is 0 Å². The van der Waals surface area contributed by atoms with Gasteiger partial charge in [-0.1, -0.05) is 94.9 Å². The highest BCUT2D eigenvalue weighted by atomic mass is 32.2. The Bertz CT molecular complexity index is 131. The van der Waals surface area contributed by atoms with E-state index in [0.29, 0.717) is 0 Å². The molecule has 0 N–H and O–H groups in total. The second-order valence-corrected chi connectivity index (χ2v) is 8.45. The first-order chi connectivity index (χ1) is 9.29. The minimum Gasteiger partial charge on any atom is -0.159 e. The zero-order valence-corrected chi connectivity index (χ0v) is 17.1. The van der Waals surface area contributed by atoms with Gasteiger partial charge in [0.05, 0.1) is 0 Å². The average molecular weight is 305 g/mol. The number of thioether (sulfide) groups is 1. The predicted molar refractivity (Wildman–Crippen MR) is 102 cm³/mol. The van der Waals surface area contributed by atoms with Crippen LogP contribution in [0.1, 0.15) is 94.9 Å². The molecule has 0 aromatic carbocycles. The molecule has 1 aliphatic carbocycles. The highest BCUT2D eigenvalue weighted by Gasteiger charge is 2.13. The lowest BCUT2D eigenvalue weighted by Gasteiger charge is -2.22. The fraction of sp³-hybridized carbons (Fsp3) is 1.00. The maximum Gasteiger partial charge on any atom is -0.000979 e. The first kappa shape index (κ1) is 25.3. The van der Waals surface area contributed by atoms with Crippen molar-refractivity contribution >= 4 is 11.8 Å². The number of hydrogen-bond acceptors (Lipinski definition) is 1. The molecular weight excluding hydrogens is 260 g/mol. The van der Waals surface area contributed by atoms with E-state index >= 15 is 0 Å². The van der Waals surface area contributed by atoms with E-state index in [1.807, 2.05) is 25.6 Å². The van der Waals surface area contributed by atoms with Gasteiger partial charge in [-0.05, 0) is 28.8 Å². The van der Waals surface area contributed by atoms with Crippen LogP contribution < -0.4 is 0 Å². The van der Waals surface area contributed by atoms with Crippen molar-refractivity contribution in [3.63, 3.8) is 0 Å². The Morgan fingerprint density at radius 3 is 1.15 bits per heavy atom. The van der Waals surface area contributed by atoms with Crippen molar-refractivity contribution < 1.29 is 0 Å². The van der Waals surface area contributed by atoms with Crippen LogP contribution in [0.15, 0.2) is 0 Å². The smallest absolute Gasteiger partial charge is 0.000979 e. The zero-order valence-electron chi connectivity index (χ0n) is 16.3. The molecule has 0 aromatic rings. The van der Waals surface area contributed by atoms with Crippen LogP contribution in [0.4, 0.5) is 0 Å². The van der Waals surface area contributed by atoms with Gasteiger partial charge in [0.15, 0.2) is 0 Å². The third-order valence-electron chi connectivity index (χ3n) is 2.80. The molecule has 0 bridgehead atoms. The van der Waals surface area contributed by atoms with Crippen molar-refractivity contribution in [3.8, 4) is 0 Å². The van der Waals surface area contributed by atoms with Gasteiger partial charge in [-0.3, -0.25) is 0 Å². The summed E-state index contributed by atoms with van der Waals surface area (Å²) >= 11 is 1.99. The lowest BCUT2D eigenvalue weighted by atomic mass is 9.84. The molecule has 0 atom stereocenters. The van der Waals surface area contributed by atoms with Gasteiger partial charge < -0.3 is 0 Å². The third kappa shape index (κ3) is 31.0. The summed E-state index contributed by atoms with van der Waals surface area (Å²) in [5.74, 6) is 4.12. The van der Waals surface area contributed by atoms with Gasteiger partial charge in [0.25, 0.3) is 0 Å². The summed E-state index contributed by atoms with van der Waals surface area (Å²) in [6.45, 7) is 21.9. The van der Waals surface area contributed by atoms with Crippen LogP contribution >= 0.6 is 11.8 Å². The summed E-state index contributed by atoms with van der Waals surface area (Å²) in [4.78, 5) is 0. The highest BCUT2D eigenvalue weighted by molar-refractivity contribution is 7.99. The van der Waals surface area contributed by atoms with Crippen molar-refractivity contribution in [3.05, 3.63) is 0 Å². The van der Waals surface area contributed by atoms with E-state index in [0.717, 1.165) is 23.0 Å². The lowest BCUT2D eigenvalue weighted by Crippen LogP contribution is -2.08. The van der Waals surface area contributed by atoms with E-state index in [2.05, 4.69) is 55.4 Å². The SMILES string of the molecule is CC.CC(C)C.CC1CCC(C)CC1.CCSC(C)C. The fourth-order valence-corrected chi connectivity index (χ4v) is 2.43. The lowest BCUT2D eigenvalue weighted by molar-refractivity contribution is 0.308. The summed E-state index contributed by atoms with van der Waals surface area (Å²) < 4.78 is 0. The Morgan fingerprint density at radius 1 is 0.800 bits per heavy atom. The van der Waals surface area contributed by atoms with E-state index in [1.165, 1.54) is 31.4 Å². The van der Waals surface area contributed by atoms with Crippen LogP contribution in [0.3, 0.4) is 0 Å². The van der Waals surface area contributed by atoms with E-state index in [-0.39, 0.29) is 0 Å². The summed E-state index contributed by atoms with van der Waals surface area (Å²) in [5, 5.41) is 0.815. The molecule has 0 aromatic heterocycles. The Hall–Kier alpha value is 0.350. The Labute approximate surface area is 135 Å². The molecular formula is C19H44S. The van der Waals surface area contributed by atoms with E-state index < -0.39 is 0 Å². The zero-order chi connectivity index (χ0) is 16.6. The monoisotopic (exact) mass is 304 g/mol. The molecule has 0 spiro atoms. The molecule has 0 heterocycles. The van der Waals surface area contributed by atoms with Crippen molar-refractivity contribution in [1.29, 1.82) is 0 Å². The van der Waals surface area contributed by atoms with Gasteiger partial charge >= 0.3 is 0 Å². The molecule has 126 valence electrons. The average Bonchev–Trinajstić information content (AvgIpc) is 2.35. The summed E-state index contributed by atoms with van der Waals surface area (Å²) in [5.41, 5.74) is 0. The molecule has 0 saturated heterocycles. The number of hydrogen-bond donors (Lipinski definition) is 0. The Balaban J connectivity index is -0.000000215. The summed E-state index contributed by atoms with van der Waals surface area (Å²) in [6, 6.07) is 0. The maximum atomic E-state index is 2.37. The third-order valence-corrected chi connectivity index (χ3v) is 3.80. The predicted octanol–water partition coefficient (Wildman–Crippen LogP) is 7.67. The topological polar surface area (TPSA) is 0 Å². The van der Waals surface area contributed by atoms with Crippen molar-refractivity contribution in [2.75, 3.05) is 5.75 Å². The molecule has 0 aliphatic heterocycles. The maximum absolute atomic E-state index is 2.37. The molecule has 20 heavy (non-hydrogen) atoms. The largest absolute Gasteiger partial charge is 0.159 e. The molecule has 1 saturated carbocycles. The van der Waals surface area contributed by atoms with Gasteiger partial charge in [0, 0.05) is 0 Å². The second-order valence-electron chi connectivity index (χ2n) is 6.60. The van der Waals surface area contributed by atoms with Gasteiger partial charge in [-0.25, -0.2) is 0 Å². The fourth-order valence-electron chi connectivity index (χ4n) is 1.76. The molecule has 0 nitrogen and oxygen atoms in total. The molecule has 0 radical (unpaired) electrons. The van der Waals surface area contributed by atoms with Crippen LogP contribution in [0.5, 0.6) is 0 Å². The molecule has 1 aliphatic rings. The van der Waals surface area contributed by atoms with Gasteiger partial charge in [-0.2, -0.15) is 11.8 Å². The quantitative estimate of drug-likeness (QED) is 0.504. The van der Waals surface area contributed by atoms with Crippen LogP contribution in [0.2, 0.25) is 0 Å². The van der Waals surface area contributed by atoms with E-state index in [1.54, 1.807) is 0 Å². The van der Waals surface area contributed by atoms with E-state index in [4.69, 9.17) is 0 Å². The summed E-state index contributed by atoms with van der Waals surface area (Å²) in [7, 11) is 0. The van der Waals surface area contributed by atoms with Crippen LogP contribution in [0.25, 0.3) is 0 Å². The molecule has 1 fully saturated rings. The first-order valence-electron chi connectivity index (χ1n) is 8.91. The van der Waals surface area contributed by atoms with Gasteiger partial charge in [-0.15, -0.1) is 0 Å². The second kappa shape index (κ2) is 19.4.